The molecule has 0 aliphatic rings. The number of carbonyl (C=O) groups is 2. The lowest BCUT2D eigenvalue weighted by Gasteiger charge is -2.10. The number of nitrogens with one attached hydrogen (secondary N) is 4. The summed E-state index contributed by atoms with van der Waals surface area (Å²) in [5, 5.41) is 7.72. The molecule has 0 radical (unpaired) electrons. The van der Waals surface area contributed by atoms with Crippen LogP contribution < -0.4 is 20.7 Å². The van der Waals surface area contributed by atoms with Crippen LogP contribution in [0.3, 0.4) is 0 Å². The number of urea groups is 1. The van der Waals surface area contributed by atoms with Crippen LogP contribution >= 0.6 is 0 Å². The van der Waals surface area contributed by atoms with Crippen molar-refractivity contribution in [2.75, 3.05) is 24.2 Å². The minimum Gasteiger partial charge on any atom is -0.341 e. The Bertz CT molecular complexity index is 956. The predicted octanol–water partition coefficient (Wildman–Crippen LogP) is 2.36. The summed E-state index contributed by atoms with van der Waals surface area (Å²) in [6, 6.07) is 11.3. The van der Waals surface area contributed by atoms with E-state index < -0.39 is 10.0 Å². The molecule has 0 bridgehead atoms. The Morgan fingerprint density at radius 1 is 0.929 bits per heavy atom. The van der Waals surface area contributed by atoms with Crippen molar-refractivity contribution >= 4 is 33.3 Å². The lowest BCUT2D eigenvalue weighted by Crippen LogP contribution is -2.28. The Hall–Kier alpha value is -2.91. The van der Waals surface area contributed by atoms with Crippen molar-refractivity contribution in [3.05, 3.63) is 53.6 Å². The fourth-order valence-electron chi connectivity index (χ4n) is 2.53. The minimum absolute atomic E-state index is 0.0115. The highest BCUT2D eigenvalue weighted by atomic mass is 32.2. The van der Waals surface area contributed by atoms with Gasteiger partial charge in [-0.15, -0.1) is 0 Å². The molecule has 0 fully saturated rings. The van der Waals surface area contributed by atoms with Crippen LogP contribution in [0.25, 0.3) is 0 Å². The number of rotatable bonds is 7. The summed E-state index contributed by atoms with van der Waals surface area (Å²) in [6.07, 6.45) is -0.0115. The van der Waals surface area contributed by atoms with E-state index in [9.17, 15) is 18.0 Å². The standard InChI is InChI=1S/C19H24N4O4S/c1-13-4-9-17(14(2)12-13)28(26,27)21-11-10-18(24)22-15-5-7-16(8-6-15)23-19(25)20-3/h4-9,12,21H,10-11H2,1-3H3,(H,22,24)(H2,20,23,25). The Labute approximate surface area is 164 Å². The van der Waals surface area contributed by atoms with Crippen LogP contribution in [-0.4, -0.2) is 33.9 Å². The van der Waals surface area contributed by atoms with Gasteiger partial charge < -0.3 is 16.0 Å². The number of hydrogen-bond acceptors (Lipinski definition) is 4. The maximum atomic E-state index is 12.4. The number of aryl methyl sites for hydroxylation is 2. The second kappa shape index (κ2) is 9.34. The topological polar surface area (TPSA) is 116 Å². The van der Waals surface area contributed by atoms with E-state index in [1.54, 1.807) is 49.4 Å². The van der Waals surface area contributed by atoms with Gasteiger partial charge in [0.2, 0.25) is 15.9 Å². The van der Waals surface area contributed by atoms with E-state index >= 15 is 0 Å². The molecule has 2 aromatic carbocycles. The first-order valence-electron chi connectivity index (χ1n) is 8.67. The van der Waals surface area contributed by atoms with Gasteiger partial charge in [0.15, 0.2) is 0 Å². The molecule has 2 rings (SSSR count). The molecular weight excluding hydrogens is 380 g/mol. The molecule has 2 aromatic rings. The molecule has 0 saturated heterocycles. The van der Waals surface area contributed by atoms with Gasteiger partial charge in [0, 0.05) is 31.4 Å². The summed E-state index contributed by atoms with van der Waals surface area (Å²) in [4.78, 5) is 23.5. The molecule has 0 heterocycles. The SMILES string of the molecule is CNC(=O)Nc1ccc(NC(=O)CCNS(=O)(=O)c2ccc(C)cc2C)cc1. The van der Waals surface area contributed by atoms with Crippen molar-refractivity contribution in [1.29, 1.82) is 0 Å². The van der Waals surface area contributed by atoms with Crippen LogP contribution in [0.1, 0.15) is 17.5 Å². The van der Waals surface area contributed by atoms with E-state index in [1.807, 2.05) is 6.92 Å². The maximum Gasteiger partial charge on any atom is 0.318 e. The fourth-order valence-corrected chi connectivity index (χ4v) is 3.79. The number of anilines is 2. The highest BCUT2D eigenvalue weighted by Gasteiger charge is 2.16. The molecule has 150 valence electrons. The lowest BCUT2D eigenvalue weighted by molar-refractivity contribution is -0.116. The van der Waals surface area contributed by atoms with Crippen molar-refractivity contribution in [2.24, 2.45) is 0 Å². The molecule has 9 heteroatoms. The normalized spacial score (nSPS) is 11.0. The lowest BCUT2D eigenvalue weighted by atomic mass is 10.2. The van der Waals surface area contributed by atoms with Gasteiger partial charge in [-0.05, 0) is 49.7 Å². The van der Waals surface area contributed by atoms with Crippen LogP contribution in [0.2, 0.25) is 0 Å². The summed E-state index contributed by atoms with van der Waals surface area (Å²) >= 11 is 0. The van der Waals surface area contributed by atoms with Crippen molar-refractivity contribution in [2.45, 2.75) is 25.2 Å². The van der Waals surface area contributed by atoms with E-state index in [-0.39, 0.29) is 29.8 Å². The van der Waals surface area contributed by atoms with Crippen LogP contribution in [0, 0.1) is 13.8 Å². The van der Waals surface area contributed by atoms with Gasteiger partial charge in [-0.2, -0.15) is 0 Å². The average Bonchev–Trinajstić information content (AvgIpc) is 2.62. The zero-order valence-corrected chi connectivity index (χ0v) is 16.8. The average molecular weight is 404 g/mol. The smallest absolute Gasteiger partial charge is 0.318 e. The van der Waals surface area contributed by atoms with Crippen LogP contribution in [0.4, 0.5) is 16.2 Å². The summed E-state index contributed by atoms with van der Waals surface area (Å²) in [5.41, 5.74) is 2.76. The van der Waals surface area contributed by atoms with E-state index in [1.165, 1.54) is 7.05 Å². The number of amides is 3. The first kappa shape index (κ1) is 21.4. The number of hydrogen-bond donors (Lipinski definition) is 4. The molecule has 8 nitrogen and oxygen atoms in total. The van der Waals surface area contributed by atoms with Gasteiger partial charge in [0.05, 0.1) is 4.90 Å². The Balaban J connectivity index is 1.86. The third-order valence-corrected chi connectivity index (χ3v) is 5.54. The van der Waals surface area contributed by atoms with Gasteiger partial charge >= 0.3 is 6.03 Å². The van der Waals surface area contributed by atoms with Gasteiger partial charge in [0.25, 0.3) is 0 Å². The molecule has 0 atom stereocenters. The summed E-state index contributed by atoms with van der Waals surface area (Å²) in [6.45, 7) is 3.61. The number of carbonyl (C=O) groups excluding carboxylic acids is 2. The third kappa shape index (κ3) is 6.07. The Kier molecular flexibility index (Phi) is 7.13. The molecule has 4 N–H and O–H groups in total. The van der Waals surface area contributed by atoms with E-state index in [4.69, 9.17) is 0 Å². The summed E-state index contributed by atoms with van der Waals surface area (Å²) < 4.78 is 27.2. The molecule has 0 saturated carbocycles. The first-order valence-corrected chi connectivity index (χ1v) is 10.1. The molecule has 3 amide bonds. The molecule has 0 aromatic heterocycles. The first-order chi connectivity index (χ1) is 13.2. The second-order valence-electron chi connectivity index (χ2n) is 6.25. The van der Waals surface area contributed by atoms with E-state index in [2.05, 4.69) is 20.7 Å². The highest BCUT2D eigenvalue weighted by molar-refractivity contribution is 7.89. The Morgan fingerprint density at radius 2 is 1.54 bits per heavy atom. The van der Waals surface area contributed by atoms with E-state index in [0.29, 0.717) is 16.9 Å². The zero-order chi connectivity index (χ0) is 20.7. The summed E-state index contributed by atoms with van der Waals surface area (Å²) in [5.74, 6) is -0.324. The van der Waals surface area contributed by atoms with Crippen molar-refractivity contribution in [1.82, 2.24) is 10.0 Å². The molecule has 28 heavy (non-hydrogen) atoms. The predicted molar refractivity (Wildman–Crippen MR) is 109 cm³/mol. The molecular formula is C19H24N4O4S. The highest BCUT2D eigenvalue weighted by Crippen LogP contribution is 2.16. The van der Waals surface area contributed by atoms with E-state index in [0.717, 1.165) is 5.56 Å². The Morgan fingerprint density at radius 3 is 2.11 bits per heavy atom. The van der Waals surface area contributed by atoms with Gasteiger partial charge in [-0.3, -0.25) is 4.79 Å². The molecule has 0 spiro atoms. The molecule has 0 aliphatic heterocycles. The minimum atomic E-state index is -3.67. The van der Waals surface area contributed by atoms with Gasteiger partial charge in [-0.1, -0.05) is 17.7 Å². The van der Waals surface area contributed by atoms with Crippen molar-refractivity contribution in [3.63, 3.8) is 0 Å². The maximum absolute atomic E-state index is 12.4. The van der Waals surface area contributed by atoms with Crippen LogP contribution in [0.15, 0.2) is 47.4 Å². The number of benzene rings is 2. The van der Waals surface area contributed by atoms with Crippen molar-refractivity contribution in [3.8, 4) is 0 Å². The number of sulfonamides is 1. The molecule has 0 aliphatic carbocycles. The monoisotopic (exact) mass is 404 g/mol. The zero-order valence-electron chi connectivity index (χ0n) is 16.0. The van der Waals surface area contributed by atoms with Crippen molar-refractivity contribution < 1.29 is 18.0 Å². The quantitative estimate of drug-likeness (QED) is 0.567. The second-order valence-corrected chi connectivity index (χ2v) is 7.98. The largest absolute Gasteiger partial charge is 0.341 e. The van der Waals surface area contributed by atoms with Gasteiger partial charge in [0.1, 0.15) is 0 Å². The van der Waals surface area contributed by atoms with Crippen LogP contribution in [0.5, 0.6) is 0 Å². The third-order valence-electron chi connectivity index (χ3n) is 3.92. The van der Waals surface area contributed by atoms with Gasteiger partial charge in [-0.25, -0.2) is 17.9 Å². The summed E-state index contributed by atoms with van der Waals surface area (Å²) in [7, 11) is -2.16. The fraction of sp³-hybridized carbons (Fsp3) is 0.263. The van der Waals surface area contributed by atoms with Crippen LogP contribution in [-0.2, 0) is 14.8 Å². The molecule has 0 unspecified atom stereocenters.